The molecular formula is C38H45NO6. The van der Waals surface area contributed by atoms with Gasteiger partial charge in [-0.25, -0.2) is 0 Å². The first-order valence-corrected chi connectivity index (χ1v) is 15.8. The van der Waals surface area contributed by atoms with Crippen molar-refractivity contribution < 1.29 is 28.5 Å². The van der Waals surface area contributed by atoms with E-state index in [-0.39, 0.29) is 18.5 Å². The number of fused-ring (bicyclic) bond motifs is 1. The number of aromatic nitrogens is 1. The van der Waals surface area contributed by atoms with E-state index in [2.05, 4.69) is 18.2 Å². The van der Waals surface area contributed by atoms with Gasteiger partial charge in [-0.15, -0.1) is 0 Å². The van der Waals surface area contributed by atoms with Crippen LogP contribution in [0.2, 0.25) is 0 Å². The number of unbranched alkanes of at least 4 members (excludes halogenated alkanes) is 1. The van der Waals surface area contributed by atoms with E-state index in [1.807, 2.05) is 105 Å². The molecule has 7 heteroatoms. The largest absolute Gasteiger partial charge is 0.494 e. The Morgan fingerprint density at radius 2 is 1.47 bits per heavy atom. The molecule has 45 heavy (non-hydrogen) atoms. The van der Waals surface area contributed by atoms with Crippen LogP contribution in [0.1, 0.15) is 70.1 Å². The molecule has 0 aliphatic rings. The fourth-order valence-electron chi connectivity index (χ4n) is 5.05. The highest BCUT2D eigenvalue weighted by Gasteiger charge is 2.19. The number of benzene rings is 3. The molecule has 0 fully saturated rings. The van der Waals surface area contributed by atoms with E-state index >= 15 is 0 Å². The van der Waals surface area contributed by atoms with Gasteiger partial charge in [0.25, 0.3) is 0 Å². The molecule has 0 saturated heterocycles. The number of para-hydroxylation sites is 2. The van der Waals surface area contributed by atoms with Crippen molar-refractivity contribution in [3.8, 4) is 11.5 Å². The molecule has 0 aliphatic carbocycles. The van der Waals surface area contributed by atoms with Crippen LogP contribution in [0, 0.1) is 0 Å². The molecule has 4 rings (SSSR count). The summed E-state index contributed by atoms with van der Waals surface area (Å²) in [4.78, 5) is 24.7. The van der Waals surface area contributed by atoms with Gasteiger partial charge in [-0.2, -0.15) is 0 Å². The third-order valence-electron chi connectivity index (χ3n) is 7.02. The normalized spacial score (nSPS) is 11.6. The molecule has 0 amide bonds. The van der Waals surface area contributed by atoms with E-state index in [4.69, 9.17) is 18.9 Å². The minimum Gasteiger partial charge on any atom is -0.494 e. The number of hydrogen-bond acceptors (Lipinski definition) is 6. The number of carbonyl (C=O) groups excluding carboxylic acids is 2. The van der Waals surface area contributed by atoms with Crippen molar-refractivity contribution in [1.82, 2.24) is 4.57 Å². The van der Waals surface area contributed by atoms with Crippen molar-refractivity contribution in [1.29, 1.82) is 0 Å². The lowest BCUT2D eigenvalue weighted by atomic mass is 10.0. The van der Waals surface area contributed by atoms with Gasteiger partial charge in [0.1, 0.15) is 23.6 Å². The lowest BCUT2D eigenvalue weighted by molar-refractivity contribution is -0.155. The van der Waals surface area contributed by atoms with Crippen LogP contribution in [-0.4, -0.2) is 41.9 Å². The van der Waals surface area contributed by atoms with Gasteiger partial charge in [-0.3, -0.25) is 9.59 Å². The maximum atomic E-state index is 12.8. The Hall–Kier alpha value is -4.52. The van der Waals surface area contributed by atoms with Crippen LogP contribution < -0.4 is 9.47 Å². The molecule has 0 atom stereocenters. The highest BCUT2D eigenvalue weighted by Crippen LogP contribution is 2.28. The van der Waals surface area contributed by atoms with E-state index in [9.17, 15) is 9.59 Å². The Bertz CT molecular complexity index is 1550. The fraction of sp³-hybridized carbons (Fsp3) is 0.368. The minimum atomic E-state index is -0.572. The van der Waals surface area contributed by atoms with E-state index in [1.54, 1.807) is 0 Å². The molecular weight excluding hydrogens is 566 g/mol. The van der Waals surface area contributed by atoms with Crippen molar-refractivity contribution >= 4 is 35.0 Å². The molecule has 238 valence electrons. The number of ether oxygens (including phenoxy) is 4. The number of nitrogens with zero attached hydrogens (tertiary/aromatic N) is 1. The van der Waals surface area contributed by atoms with Gasteiger partial charge in [0.2, 0.25) is 0 Å². The van der Waals surface area contributed by atoms with Gasteiger partial charge in [-0.05, 0) is 94.3 Å². The standard InChI is InChI=1S/C38H45NO6/c1-5-42-35(40)18-12-14-31-27-39(28-36(41)45-38(2,3)4)37-30(13-11-17-34(31)37)22-19-29-20-23-33(24-21-29)44-26-10-9-25-43-32-15-7-6-8-16-32/h6-8,11,13,15-17,19-24,27H,5,9-10,12,14,18,25-26,28H2,1-4H3. The van der Waals surface area contributed by atoms with Crippen molar-refractivity contribution in [3.05, 3.63) is 95.7 Å². The summed E-state index contributed by atoms with van der Waals surface area (Å²) < 4.78 is 24.4. The zero-order valence-electron chi connectivity index (χ0n) is 26.9. The Labute approximate surface area is 266 Å². The molecule has 1 heterocycles. The summed E-state index contributed by atoms with van der Waals surface area (Å²) in [6.07, 6.45) is 9.69. The lowest BCUT2D eigenvalue weighted by Gasteiger charge is -2.20. The van der Waals surface area contributed by atoms with Gasteiger partial charge in [0, 0.05) is 18.0 Å². The molecule has 0 aliphatic heterocycles. The van der Waals surface area contributed by atoms with Crippen molar-refractivity contribution in [2.75, 3.05) is 19.8 Å². The first kappa shape index (κ1) is 33.4. The van der Waals surface area contributed by atoms with Crippen LogP contribution in [0.15, 0.2) is 79.0 Å². The number of hydrogen-bond donors (Lipinski definition) is 0. The Balaban J connectivity index is 1.41. The van der Waals surface area contributed by atoms with Crippen LogP contribution in [0.25, 0.3) is 23.1 Å². The lowest BCUT2D eigenvalue weighted by Crippen LogP contribution is -2.26. The Morgan fingerprint density at radius 1 is 0.778 bits per heavy atom. The maximum Gasteiger partial charge on any atom is 0.326 e. The third-order valence-corrected chi connectivity index (χ3v) is 7.02. The molecule has 0 unspecified atom stereocenters. The average Bonchev–Trinajstić information content (AvgIpc) is 3.35. The molecule has 0 N–H and O–H groups in total. The smallest absolute Gasteiger partial charge is 0.326 e. The summed E-state index contributed by atoms with van der Waals surface area (Å²) in [5.74, 6) is 1.23. The average molecular weight is 612 g/mol. The van der Waals surface area contributed by atoms with Crippen LogP contribution >= 0.6 is 0 Å². The summed E-state index contributed by atoms with van der Waals surface area (Å²) >= 11 is 0. The molecule has 0 bridgehead atoms. The Morgan fingerprint density at radius 3 is 2.13 bits per heavy atom. The van der Waals surface area contributed by atoms with Gasteiger partial charge in [0.15, 0.2) is 0 Å². The van der Waals surface area contributed by atoms with E-state index < -0.39 is 5.60 Å². The number of rotatable bonds is 16. The van der Waals surface area contributed by atoms with Crippen LogP contribution in [0.3, 0.4) is 0 Å². The van der Waals surface area contributed by atoms with Crippen LogP contribution in [0.5, 0.6) is 11.5 Å². The highest BCUT2D eigenvalue weighted by atomic mass is 16.6. The number of esters is 2. The SMILES string of the molecule is CCOC(=O)CCCc1cn(CC(=O)OC(C)(C)C)c2c(C=Cc3ccc(OCCCCOc4ccccc4)cc3)cccc12. The summed E-state index contributed by atoms with van der Waals surface area (Å²) in [6, 6.07) is 24.0. The quantitative estimate of drug-likeness (QED) is 0.0721. The van der Waals surface area contributed by atoms with Gasteiger partial charge in [-0.1, -0.05) is 60.7 Å². The summed E-state index contributed by atoms with van der Waals surface area (Å²) in [5.41, 5.74) is 3.50. The second kappa shape index (κ2) is 16.5. The predicted octanol–water partition coefficient (Wildman–Crippen LogP) is 8.28. The van der Waals surface area contributed by atoms with E-state index in [0.29, 0.717) is 39.1 Å². The third kappa shape index (κ3) is 10.9. The molecule has 4 aromatic rings. The molecule has 0 spiro atoms. The second-order valence-corrected chi connectivity index (χ2v) is 11.9. The molecule has 7 nitrogen and oxygen atoms in total. The fourth-order valence-corrected chi connectivity index (χ4v) is 5.05. The van der Waals surface area contributed by atoms with Gasteiger partial charge < -0.3 is 23.5 Å². The van der Waals surface area contributed by atoms with Crippen molar-refractivity contribution in [2.24, 2.45) is 0 Å². The highest BCUT2D eigenvalue weighted by molar-refractivity contribution is 5.94. The van der Waals surface area contributed by atoms with E-state index in [1.165, 1.54) is 0 Å². The summed E-state index contributed by atoms with van der Waals surface area (Å²) in [5, 5.41) is 1.06. The minimum absolute atomic E-state index is 0.0981. The topological polar surface area (TPSA) is 76.0 Å². The van der Waals surface area contributed by atoms with Gasteiger partial charge >= 0.3 is 11.9 Å². The molecule has 3 aromatic carbocycles. The van der Waals surface area contributed by atoms with Crippen molar-refractivity contribution in [2.45, 2.75) is 71.9 Å². The summed E-state index contributed by atoms with van der Waals surface area (Å²) in [6.45, 7) is 9.19. The molecule has 0 radical (unpaired) electrons. The maximum absolute atomic E-state index is 12.8. The second-order valence-electron chi connectivity index (χ2n) is 11.9. The summed E-state index contributed by atoms with van der Waals surface area (Å²) in [7, 11) is 0. The van der Waals surface area contributed by atoms with Crippen LogP contribution in [0.4, 0.5) is 0 Å². The molecule has 1 aromatic heterocycles. The van der Waals surface area contributed by atoms with Gasteiger partial charge in [0.05, 0.1) is 25.3 Å². The first-order chi connectivity index (χ1) is 21.7. The first-order valence-electron chi connectivity index (χ1n) is 15.8. The number of carbonyl (C=O) groups is 2. The van der Waals surface area contributed by atoms with Crippen LogP contribution in [-0.2, 0) is 32.0 Å². The van der Waals surface area contributed by atoms with E-state index in [0.717, 1.165) is 51.9 Å². The monoisotopic (exact) mass is 611 g/mol. The zero-order chi connectivity index (χ0) is 32.1. The number of aryl methyl sites for hydroxylation is 1. The molecule has 0 saturated carbocycles. The van der Waals surface area contributed by atoms with Crippen molar-refractivity contribution in [3.63, 3.8) is 0 Å². The Kier molecular flexibility index (Phi) is 12.3. The zero-order valence-corrected chi connectivity index (χ0v) is 26.9. The predicted molar refractivity (Wildman–Crippen MR) is 179 cm³/mol.